The van der Waals surface area contributed by atoms with Gasteiger partial charge in [0.1, 0.15) is 36.0 Å². The SMILES string of the molecule is CNc1ccc(C#CC=Cc2nc3ccc(OCC(O)CF)cc3s2)cn1. The number of alkyl halides is 1. The molecule has 5 nitrogen and oxygen atoms in total. The van der Waals surface area contributed by atoms with Crippen LogP contribution in [0.4, 0.5) is 10.2 Å². The highest BCUT2D eigenvalue weighted by Crippen LogP contribution is 2.27. The van der Waals surface area contributed by atoms with E-state index in [2.05, 4.69) is 27.1 Å². The third-order valence-corrected chi connectivity index (χ3v) is 4.53. The van der Waals surface area contributed by atoms with Gasteiger partial charge < -0.3 is 15.2 Å². The minimum Gasteiger partial charge on any atom is -0.491 e. The number of ether oxygens (including phenoxy) is 1. The molecule has 1 atom stereocenters. The number of fused-ring (bicyclic) bond motifs is 1. The highest BCUT2D eigenvalue weighted by Gasteiger charge is 2.06. The molecule has 1 aromatic carbocycles. The fraction of sp³-hybridized carbons (Fsp3) is 0.200. The van der Waals surface area contributed by atoms with E-state index >= 15 is 0 Å². The molecule has 0 fully saturated rings. The molecule has 138 valence electrons. The Balaban J connectivity index is 1.66. The third kappa shape index (κ3) is 5.26. The molecule has 0 aliphatic carbocycles. The predicted molar refractivity (Wildman–Crippen MR) is 107 cm³/mol. The highest BCUT2D eigenvalue weighted by atomic mass is 32.1. The Morgan fingerprint density at radius 3 is 3.00 bits per heavy atom. The first kappa shape index (κ1) is 18.8. The number of anilines is 1. The van der Waals surface area contributed by atoms with Crippen LogP contribution in [0.2, 0.25) is 0 Å². The second-order valence-corrected chi connectivity index (χ2v) is 6.65. The lowest BCUT2D eigenvalue weighted by molar-refractivity contribution is 0.0842. The molecule has 7 heteroatoms. The molecule has 3 rings (SSSR count). The zero-order valence-corrected chi connectivity index (χ0v) is 15.5. The van der Waals surface area contributed by atoms with E-state index < -0.39 is 12.8 Å². The van der Waals surface area contributed by atoms with E-state index in [4.69, 9.17) is 4.74 Å². The van der Waals surface area contributed by atoms with Gasteiger partial charge in [0.2, 0.25) is 0 Å². The number of aliphatic hydroxyl groups excluding tert-OH is 1. The van der Waals surface area contributed by atoms with Crippen molar-refractivity contribution in [3.63, 3.8) is 0 Å². The van der Waals surface area contributed by atoms with E-state index in [9.17, 15) is 9.50 Å². The lowest BCUT2D eigenvalue weighted by atomic mass is 10.3. The molecule has 2 N–H and O–H groups in total. The summed E-state index contributed by atoms with van der Waals surface area (Å²) in [6, 6.07) is 9.19. The van der Waals surface area contributed by atoms with Gasteiger partial charge >= 0.3 is 0 Å². The zero-order valence-electron chi connectivity index (χ0n) is 14.6. The first-order valence-electron chi connectivity index (χ1n) is 8.27. The van der Waals surface area contributed by atoms with Gasteiger partial charge in [-0.2, -0.15) is 0 Å². The van der Waals surface area contributed by atoms with Crippen LogP contribution in [0.15, 0.2) is 42.6 Å². The van der Waals surface area contributed by atoms with Gasteiger partial charge in [0, 0.05) is 18.8 Å². The Bertz CT molecular complexity index is 990. The number of nitrogens with one attached hydrogen (secondary N) is 1. The lowest BCUT2D eigenvalue weighted by Crippen LogP contribution is -2.19. The van der Waals surface area contributed by atoms with Crippen LogP contribution in [0.1, 0.15) is 10.6 Å². The molecule has 2 heterocycles. The molecule has 0 aliphatic rings. The molecular formula is C20H18FN3O2S. The summed E-state index contributed by atoms with van der Waals surface area (Å²) in [5, 5.41) is 13.0. The van der Waals surface area contributed by atoms with E-state index in [-0.39, 0.29) is 6.61 Å². The minimum atomic E-state index is -1.11. The van der Waals surface area contributed by atoms with E-state index in [0.29, 0.717) is 5.75 Å². The van der Waals surface area contributed by atoms with Crippen LogP contribution in [0.5, 0.6) is 5.75 Å². The maximum atomic E-state index is 12.3. The van der Waals surface area contributed by atoms with Crippen LogP contribution < -0.4 is 10.1 Å². The van der Waals surface area contributed by atoms with Crippen LogP contribution in [0.3, 0.4) is 0 Å². The molecule has 0 bridgehead atoms. The number of thiazole rings is 1. The Labute approximate surface area is 160 Å². The summed E-state index contributed by atoms with van der Waals surface area (Å²) in [6.45, 7) is -0.901. The number of rotatable bonds is 6. The average Bonchev–Trinajstić information content (AvgIpc) is 3.11. The lowest BCUT2D eigenvalue weighted by Gasteiger charge is -2.08. The molecule has 3 aromatic rings. The van der Waals surface area contributed by atoms with Crippen LogP contribution in [0.25, 0.3) is 16.3 Å². The summed E-state index contributed by atoms with van der Waals surface area (Å²) < 4.78 is 18.6. The first-order valence-corrected chi connectivity index (χ1v) is 9.09. The Morgan fingerprint density at radius 2 is 2.26 bits per heavy atom. The summed E-state index contributed by atoms with van der Waals surface area (Å²) in [5.41, 5.74) is 1.68. The maximum Gasteiger partial charge on any atom is 0.125 e. The molecule has 0 amide bonds. The van der Waals surface area contributed by atoms with Crippen molar-refractivity contribution in [2.45, 2.75) is 6.10 Å². The molecular weight excluding hydrogens is 365 g/mol. The van der Waals surface area contributed by atoms with Crippen molar-refractivity contribution >= 4 is 33.4 Å². The Morgan fingerprint density at radius 1 is 1.37 bits per heavy atom. The first-order chi connectivity index (χ1) is 13.2. The molecule has 0 saturated carbocycles. The molecule has 27 heavy (non-hydrogen) atoms. The van der Waals surface area contributed by atoms with Gasteiger partial charge in [0.15, 0.2) is 0 Å². The van der Waals surface area contributed by atoms with Crippen LogP contribution in [-0.4, -0.2) is 41.5 Å². The van der Waals surface area contributed by atoms with Gasteiger partial charge in [-0.25, -0.2) is 14.4 Å². The smallest absolute Gasteiger partial charge is 0.125 e. The zero-order chi connectivity index (χ0) is 19.1. The van der Waals surface area contributed by atoms with E-state index in [1.54, 1.807) is 18.3 Å². The molecule has 2 aromatic heterocycles. The Kier molecular flexibility index (Phi) is 6.36. The number of allylic oxidation sites excluding steroid dienone is 1. The summed E-state index contributed by atoms with van der Waals surface area (Å²) in [5.74, 6) is 7.36. The van der Waals surface area contributed by atoms with Crippen molar-refractivity contribution in [3.05, 3.63) is 53.2 Å². The van der Waals surface area contributed by atoms with Crippen molar-refractivity contribution in [2.24, 2.45) is 0 Å². The second-order valence-electron chi connectivity index (χ2n) is 5.59. The number of hydrogen-bond acceptors (Lipinski definition) is 6. The topological polar surface area (TPSA) is 67.3 Å². The molecule has 0 spiro atoms. The number of halogens is 1. The molecule has 0 radical (unpaired) electrons. The van der Waals surface area contributed by atoms with Gasteiger partial charge in [0.05, 0.1) is 10.2 Å². The average molecular weight is 383 g/mol. The number of aromatic nitrogens is 2. The number of pyridine rings is 1. The molecule has 0 aliphatic heterocycles. The van der Waals surface area contributed by atoms with Gasteiger partial charge in [0.25, 0.3) is 0 Å². The normalized spacial score (nSPS) is 12.0. The predicted octanol–water partition coefficient (Wildman–Crippen LogP) is 3.51. The highest BCUT2D eigenvalue weighted by molar-refractivity contribution is 7.19. The van der Waals surface area contributed by atoms with E-state index in [0.717, 1.165) is 26.6 Å². The summed E-state index contributed by atoms with van der Waals surface area (Å²) in [7, 11) is 1.82. The van der Waals surface area contributed by atoms with Crippen molar-refractivity contribution in [2.75, 3.05) is 25.6 Å². The monoisotopic (exact) mass is 383 g/mol. The van der Waals surface area contributed by atoms with Crippen LogP contribution in [0, 0.1) is 11.8 Å². The van der Waals surface area contributed by atoms with Crippen molar-refractivity contribution in [1.82, 2.24) is 9.97 Å². The van der Waals surface area contributed by atoms with Crippen molar-refractivity contribution in [1.29, 1.82) is 0 Å². The summed E-state index contributed by atoms with van der Waals surface area (Å²) in [4.78, 5) is 8.72. The van der Waals surface area contributed by atoms with Crippen LogP contribution in [-0.2, 0) is 0 Å². The minimum absolute atomic E-state index is 0.0761. The number of aliphatic hydroxyl groups is 1. The maximum absolute atomic E-state index is 12.3. The summed E-state index contributed by atoms with van der Waals surface area (Å²) in [6.07, 6.45) is 4.20. The van der Waals surface area contributed by atoms with E-state index in [1.165, 1.54) is 11.3 Å². The van der Waals surface area contributed by atoms with Crippen molar-refractivity contribution in [3.8, 4) is 17.6 Å². The van der Waals surface area contributed by atoms with Gasteiger partial charge in [-0.3, -0.25) is 0 Å². The number of benzene rings is 1. The standard InChI is InChI=1S/C20H18FN3O2S/c1-22-19-9-6-14(12-23-19)4-2-3-5-20-24-17-8-7-16(10-18(17)27-20)26-13-15(25)11-21/h3,5-10,12,15,25H,11,13H2,1H3,(H,22,23). The fourth-order valence-corrected chi connectivity index (χ4v) is 3.07. The second kappa shape index (κ2) is 9.12. The largest absolute Gasteiger partial charge is 0.491 e. The quantitative estimate of drug-likeness (QED) is 0.638. The number of nitrogens with zero attached hydrogens (tertiary/aromatic N) is 2. The van der Waals surface area contributed by atoms with E-state index in [1.807, 2.05) is 37.4 Å². The summed E-state index contributed by atoms with van der Waals surface area (Å²) >= 11 is 1.50. The molecule has 1 unspecified atom stereocenters. The van der Waals surface area contributed by atoms with Gasteiger partial charge in [-0.1, -0.05) is 11.8 Å². The van der Waals surface area contributed by atoms with Gasteiger partial charge in [-0.15, -0.1) is 11.3 Å². The third-order valence-electron chi connectivity index (χ3n) is 3.54. The van der Waals surface area contributed by atoms with Gasteiger partial charge in [-0.05, 0) is 42.5 Å². The number of hydrogen-bond donors (Lipinski definition) is 2. The van der Waals surface area contributed by atoms with Crippen molar-refractivity contribution < 1.29 is 14.2 Å². The van der Waals surface area contributed by atoms with Crippen LogP contribution >= 0.6 is 11.3 Å². The fourth-order valence-electron chi connectivity index (χ4n) is 2.17. The Hall–Kier alpha value is -2.95. The molecule has 0 saturated heterocycles.